The molecule has 36 heavy (non-hydrogen) atoms. The van der Waals surface area contributed by atoms with Crippen molar-refractivity contribution in [3.05, 3.63) is 65.7 Å². The lowest BCUT2D eigenvalue weighted by Crippen LogP contribution is -2.41. The Morgan fingerprint density at radius 1 is 1.06 bits per heavy atom. The molecule has 7 heteroatoms. The maximum Gasteiger partial charge on any atom is 0.416 e. The van der Waals surface area contributed by atoms with Gasteiger partial charge >= 0.3 is 6.18 Å². The predicted octanol–water partition coefficient (Wildman–Crippen LogP) is 6.59. The SMILES string of the molecule is CC(CCC1CNc2ccc(C(F)(F)F)cc2C1C)CN(CCNC(C)O)C(C)C.c1ccccc1. The van der Waals surface area contributed by atoms with Gasteiger partial charge in [0.25, 0.3) is 0 Å². The molecular formula is C29H44F3N3O. The van der Waals surface area contributed by atoms with Gasteiger partial charge in [-0.3, -0.25) is 10.2 Å². The van der Waals surface area contributed by atoms with Gasteiger partial charge in [-0.05, 0) is 75.1 Å². The van der Waals surface area contributed by atoms with Crippen LogP contribution >= 0.6 is 0 Å². The fourth-order valence-corrected chi connectivity index (χ4v) is 4.65. The van der Waals surface area contributed by atoms with Gasteiger partial charge in [0.1, 0.15) is 6.23 Å². The Balaban J connectivity index is 0.000000662. The van der Waals surface area contributed by atoms with Crippen molar-refractivity contribution in [1.29, 1.82) is 0 Å². The lowest BCUT2D eigenvalue weighted by Gasteiger charge is -2.34. The lowest BCUT2D eigenvalue weighted by molar-refractivity contribution is -0.137. The summed E-state index contributed by atoms with van der Waals surface area (Å²) in [4.78, 5) is 2.41. The molecule has 0 fully saturated rings. The molecule has 0 saturated carbocycles. The van der Waals surface area contributed by atoms with Crippen LogP contribution < -0.4 is 10.6 Å². The molecule has 4 atom stereocenters. The number of rotatable bonds is 10. The number of anilines is 1. The number of benzene rings is 2. The van der Waals surface area contributed by atoms with Crippen LogP contribution in [-0.2, 0) is 6.18 Å². The van der Waals surface area contributed by atoms with Gasteiger partial charge in [0, 0.05) is 37.9 Å². The quantitative estimate of drug-likeness (QED) is 0.318. The van der Waals surface area contributed by atoms with E-state index >= 15 is 0 Å². The number of nitrogens with one attached hydrogen (secondary N) is 2. The van der Waals surface area contributed by atoms with Gasteiger partial charge in [0.05, 0.1) is 5.56 Å². The number of nitrogens with zero attached hydrogens (tertiary/aromatic N) is 1. The number of fused-ring (bicyclic) bond motifs is 1. The summed E-state index contributed by atoms with van der Waals surface area (Å²) in [5.74, 6) is 0.925. The molecule has 2 aromatic carbocycles. The molecule has 0 aromatic heterocycles. The first-order valence-corrected chi connectivity index (χ1v) is 13.1. The summed E-state index contributed by atoms with van der Waals surface area (Å²) in [6.45, 7) is 13.8. The second-order valence-corrected chi connectivity index (χ2v) is 10.3. The zero-order valence-corrected chi connectivity index (χ0v) is 22.4. The summed E-state index contributed by atoms with van der Waals surface area (Å²) >= 11 is 0. The van der Waals surface area contributed by atoms with Crippen LogP contribution in [0.25, 0.3) is 0 Å². The van der Waals surface area contributed by atoms with Crippen LogP contribution in [0.15, 0.2) is 54.6 Å². The normalized spacial score (nSPS) is 19.2. The number of hydrogen-bond acceptors (Lipinski definition) is 4. The van der Waals surface area contributed by atoms with Crippen LogP contribution in [0.4, 0.5) is 18.9 Å². The highest BCUT2D eigenvalue weighted by molar-refractivity contribution is 5.56. The van der Waals surface area contributed by atoms with E-state index in [2.05, 4.69) is 43.2 Å². The molecule has 1 aliphatic rings. The summed E-state index contributed by atoms with van der Waals surface area (Å²) in [6.07, 6.45) is -2.78. The molecule has 1 heterocycles. The maximum atomic E-state index is 13.1. The van der Waals surface area contributed by atoms with Gasteiger partial charge in [0.2, 0.25) is 0 Å². The van der Waals surface area contributed by atoms with E-state index in [1.165, 1.54) is 6.07 Å². The van der Waals surface area contributed by atoms with Crippen molar-refractivity contribution in [3.8, 4) is 0 Å². The minimum absolute atomic E-state index is 0.104. The first-order chi connectivity index (χ1) is 17.0. The summed E-state index contributed by atoms with van der Waals surface area (Å²) in [7, 11) is 0. The molecular weight excluding hydrogens is 463 g/mol. The van der Waals surface area contributed by atoms with Crippen molar-refractivity contribution in [3.63, 3.8) is 0 Å². The van der Waals surface area contributed by atoms with Gasteiger partial charge in [0.15, 0.2) is 0 Å². The third kappa shape index (κ3) is 10.1. The topological polar surface area (TPSA) is 47.5 Å². The highest BCUT2D eigenvalue weighted by Crippen LogP contribution is 2.40. The molecule has 2 aromatic rings. The van der Waals surface area contributed by atoms with E-state index in [4.69, 9.17) is 0 Å². The molecule has 4 unspecified atom stereocenters. The van der Waals surface area contributed by atoms with Gasteiger partial charge in [-0.25, -0.2) is 0 Å². The van der Waals surface area contributed by atoms with E-state index < -0.39 is 18.0 Å². The first kappa shape index (κ1) is 30.1. The van der Waals surface area contributed by atoms with Crippen LogP contribution in [0.1, 0.15) is 64.5 Å². The first-order valence-electron chi connectivity index (χ1n) is 13.1. The standard InChI is InChI=1S/C23H38F3N3O.C6H6/c1-15(2)29(11-10-27-18(5)30)14-16(3)6-7-19-13-28-22-9-8-20(23(24,25)26)12-21(22)17(19)4;1-2-4-6-5-3-1/h8-9,12,15-19,27-28,30H,6-7,10-11,13-14H2,1-5H3;1-6H. The van der Waals surface area contributed by atoms with Crippen LogP contribution in [0.2, 0.25) is 0 Å². The highest BCUT2D eigenvalue weighted by atomic mass is 19.4. The van der Waals surface area contributed by atoms with Crippen molar-refractivity contribution in [2.45, 2.75) is 71.8 Å². The summed E-state index contributed by atoms with van der Waals surface area (Å²) in [5.41, 5.74) is 1.04. The average Bonchev–Trinajstić information content (AvgIpc) is 2.83. The van der Waals surface area contributed by atoms with Crippen molar-refractivity contribution < 1.29 is 18.3 Å². The van der Waals surface area contributed by atoms with E-state index in [1.807, 2.05) is 36.4 Å². The second kappa shape index (κ2) is 14.6. The smallest absolute Gasteiger partial charge is 0.385 e. The summed E-state index contributed by atoms with van der Waals surface area (Å²) in [6, 6.07) is 16.5. The summed E-state index contributed by atoms with van der Waals surface area (Å²) < 4.78 is 39.3. The third-order valence-corrected chi connectivity index (χ3v) is 6.94. The Bertz CT molecular complexity index is 847. The van der Waals surface area contributed by atoms with E-state index in [0.29, 0.717) is 17.9 Å². The van der Waals surface area contributed by atoms with Crippen LogP contribution in [0.5, 0.6) is 0 Å². The number of halogens is 3. The molecule has 3 rings (SSSR count). The van der Waals surface area contributed by atoms with Crippen LogP contribution in [0.3, 0.4) is 0 Å². The molecule has 4 nitrogen and oxygen atoms in total. The Hall–Kier alpha value is -2.09. The van der Waals surface area contributed by atoms with Gasteiger partial charge < -0.3 is 10.4 Å². The van der Waals surface area contributed by atoms with Crippen molar-refractivity contribution in [1.82, 2.24) is 10.2 Å². The largest absolute Gasteiger partial charge is 0.416 e. The fraction of sp³-hybridized carbons (Fsp3) is 0.586. The molecule has 0 aliphatic carbocycles. The second-order valence-electron chi connectivity index (χ2n) is 10.3. The number of aliphatic hydroxyl groups excluding tert-OH is 1. The molecule has 0 spiro atoms. The summed E-state index contributed by atoms with van der Waals surface area (Å²) in [5, 5.41) is 15.7. The molecule has 0 bridgehead atoms. The predicted molar refractivity (Wildman–Crippen MR) is 143 cm³/mol. The Labute approximate surface area is 215 Å². The lowest BCUT2D eigenvalue weighted by atomic mass is 9.79. The van der Waals surface area contributed by atoms with Crippen molar-refractivity contribution in [2.24, 2.45) is 11.8 Å². The third-order valence-electron chi connectivity index (χ3n) is 6.94. The van der Waals surface area contributed by atoms with Crippen molar-refractivity contribution >= 4 is 5.69 Å². The zero-order chi connectivity index (χ0) is 26.7. The van der Waals surface area contributed by atoms with E-state index in [9.17, 15) is 18.3 Å². The fourth-order valence-electron chi connectivity index (χ4n) is 4.65. The van der Waals surface area contributed by atoms with Gasteiger partial charge in [-0.1, -0.05) is 50.2 Å². The minimum Gasteiger partial charge on any atom is -0.385 e. The van der Waals surface area contributed by atoms with E-state index in [-0.39, 0.29) is 5.92 Å². The monoisotopic (exact) mass is 507 g/mol. The van der Waals surface area contributed by atoms with Gasteiger partial charge in [-0.15, -0.1) is 0 Å². The maximum absolute atomic E-state index is 13.1. The molecule has 0 saturated heterocycles. The average molecular weight is 508 g/mol. The van der Waals surface area contributed by atoms with Gasteiger partial charge in [-0.2, -0.15) is 13.2 Å². The molecule has 1 aliphatic heterocycles. The zero-order valence-electron chi connectivity index (χ0n) is 22.4. The Kier molecular flexibility index (Phi) is 12.2. The highest BCUT2D eigenvalue weighted by Gasteiger charge is 2.33. The van der Waals surface area contributed by atoms with Crippen molar-refractivity contribution in [2.75, 3.05) is 31.5 Å². The molecule has 202 valence electrons. The number of hydrogen-bond donors (Lipinski definition) is 3. The Morgan fingerprint density at radius 2 is 1.67 bits per heavy atom. The number of alkyl halides is 3. The van der Waals surface area contributed by atoms with Crippen LogP contribution in [0, 0.1) is 11.8 Å². The Morgan fingerprint density at radius 3 is 2.19 bits per heavy atom. The number of aliphatic hydroxyl groups is 1. The van der Waals surface area contributed by atoms with E-state index in [0.717, 1.165) is 56.3 Å². The minimum atomic E-state index is -4.31. The molecule has 0 amide bonds. The molecule has 3 N–H and O–H groups in total. The van der Waals surface area contributed by atoms with E-state index in [1.54, 1.807) is 13.0 Å². The van der Waals surface area contributed by atoms with Crippen LogP contribution in [-0.4, -0.2) is 48.5 Å². The molecule has 0 radical (unpaired) electrons.